The predicted octanol–water partition coefficient (Wildman–Crippen LogP) is 4.27. The number of hydrogen-bond acceptors (Lipinski definition) is 3. The fraction of sp³-hybridized carbons (Fsp3) is 0.235. The van der Waals surface area contributed by atoms with E-state index in [0.29, 0.717) is 11.4 Å². The topological polar surface area (TPSA) is 54.0 Å². The summed E-state index contributed by atoms with van der Waals surface area (Å²) >= 11 is 8.67. The molecule has 0 saturated carbocycles. The van der Waals surface area contributed by atoms with E-state index in [1.165, 1.54) is 0 Å². The highest BCUT2D eigenvalue weighted by Crippen LogP contribution is 2.30. The van der Waals surface area contributed by atoms with E-state index in [1.807, 2.05) is 12.1 Å². The fourth-order valence-corrected chi connectivity index (χ4v) is 3.19. The van der Waals surface area contributed by atoms with Crippen molar-refractivity contribution in [1.82, 2.24) is 10.3 Å². The average molecular weight is 392 g/mol. The second-order valence-corrected chi connectivity index (χ2v) is 7.33. The van der Waals surface area contributed by atoms with Crippen LogP contribution in [0.3, 0.4) is 0 Å². The largest absolute Gasteiger partial charge is 0.317 e. The van der Waals surface area contributed by atoms with Gasteiger partial charge >= 0.3 is 0 Å². The first-order chi connectivity index (χ1) is 10.8. The van der Waals surface area contributed by atoms with E-state index in [0.717, 1.165) is 10.0 Å². The van der Waals surface area contributed by atoms with Crippen molar-refractivity contribution in [3.63, 3.8) is 0 Å². The first-order valence-electron chi connectivity index (χ1n) is 7.11. The van der Waals surface area contributed by atoms with Crippen molar-refractivity contribution in [2.24, 2.45) is 0 Å². The minimum absolute atomic E-state index is 0.00365. The summed E-state index contributed by atoms with van der Waals surface area (Å²) in [6.45, 7) is 6.37. The normalized spacial score (nSPS) is 11.0. The predicted molar refractivity (Wildman–Crippen MR) is 101 cm³/mol. The number of nitrogens with one attached hydrogen (secondary N) is 2. The van der Waals surface area contributed by atoms with Crippen LogP contribution in [0, 0.1) is 0 Å². The third-order valence-corrected chi connectivity index (χ3v) is 4.03. The van der Waals surface area contributed by atoms with E-state index in [2.05, 4.69) is 52.3 Å². The summed E-state index contributed by atoms with van der Waals surface area (Å²) in [7, 11) is 0. The molecule has 0 aliphatic heterocycles. The van der Waals surface area contributed by atoms with E-state index in [4.69, 9.17) is 12.2 Å². The van der Waals surface area contributed by atoms with Crippen molar-refractivity contribution in [2.75, 3.05) is 5.32 Å². The zero-order valence-electron chi connectivity index (χ0n) is 13.2. The van der Waals surface area contributed by atoms with Gasteiger partial charge in [0, 0.05) is 16.2 Å². The van der Waals surface area contributed by atoms with Gasteiger partial charge in [0.1, 0.15) is 5.82 Å². The average Bonchev–Trinajstić information content (AvgIpc) is 2.46. The third-order valence-electron chi connectivity index (χ3n) is 3.17. The Kier molecular flexibility index (Phi) is 5.49. The van der Waals surface area contributed by atoms with Gasteiger partial charge < -0.3 is 5.32 Å². The number of carbonyl (C=O) groups is 1. The van der Waals surface area contributed by atoms with Crippen molar-refractivity contribution >= 4 is 45.0 Å². The summed E-state index contributed by atoms with van der Waals surface area (Å²) < 4.78 is 0.904. The number of anilines is 1. The van der Waals surface area contributed by atoms with Crippen LogP contribution in [-0.4, -0.2) is 16.0 Å². The van der Waals surface area contributed by atoms with Crippen molar-refractivity contribution in [2.45, 2.75) is 26.2 Å². The van der Waals surface area contributed by atoms with E-state index in [9.17, 15) is 4.79 Å². The van der Waals surface area contributed by atoms with E-state index < -0.39 is 0 Å². The van der Waals surface area contributed by atoms with Gasteiger partial charge in [0.25, 0.3) is 5.91 Å². The molecule has 1 heterocycles. The van der Waals surface area contributed by atoms with E-state index >= 15 is 0 Å². The molecule has 0 bridgehead atoms. The summed E-state index contributed by atoms with van der Waals surface area (Å²) in [4.78, 5) is 16.4. The molecule has 0 saturated heterocycles. The SMILES string of the molecule is CC(C)(C)c1ccc(C(=O)NC(=S)Nc2ccccn2)cc1Br. The number of carbonyl (C=O) groups excluding carboxylic acids is 1. The molecular weight excluding hydrogens is 374 g/mol. The Bertz CT molecular complexity index is 726. The lowest BCUT2D eigenvalue weighted by Gasteiger charge is -2.21. The van der Waals surface area contributed by atoms with E-state index in [1.54, 1.807) is 30.5 Å². The molecule has 0 radical (unpaired) electrons. The van der Waals surface area contributed by atoms with Gasteiger partial charge in [0.2, 0.25) is 0 Å². The van der Waals surface area contributed by atoms with Gasteiger partial charge in [0.15, 0.2) is 5.11 Å². The molecule has 23 heavy (non-hydrogen) atoms. The van der Waals surface area contributed by atoms with Gasteiger partial charge in [-0.3, -0.25) is 10.1 Å². The van der Waals surface area contributed by atoms with Crippen molar-refractivity contribution in [3.8, 4) is 0 Å². The maximum atomic E-state index is 12.3. The highest BCUT2D eigenvalue weighted by molar-refractivity contribution is 9.10. The zero-order valence-corrected chi connectivity index (χ0v) is 15.6. The second kappa shape index (κ2) is 7.19. The summed E-state index contributed by atoms with van der Waals surface area (Å²) in [5.74, 6) is 0.321. The Hall–Kier alpha value is -1.79. The van der Waals surface area contributed by atoms with Gasteiger partial charge in [0.05, 0.1) is 0 Å². The molecule has 0 unspecified atom stereocenters. The molecule has 0 spiro atoms. The Morgan fingerprint density at radius 1 is 1.22 bits per heavy atom. The van der Waals surface area contributed by atoms with Crippen LogP contribution in [0.25, 0.3) is 0 Å². The van der Waals surface area contributed by atoms with Crippen LogP contribution >= 0.6 is 28.1 Å². The number of halogens is 1. The number of benzene rings is 1. The first kappa shape index (κ1) is 17.6. The van der Waals surface area contributed by atoms with Gasteiger partial charge in [-0.25, -0.2) is 4.98 Å². The molecule has 6 heteroatoms. The number of thiocarbonyl (C=S) groups is 1. The fourth-order valence-electron chi connectivity index (χ4n) is 2.02. The molecule has 0 fully saturated rings. The Balaban J connectivity index is 2.06. The molecule has 1 aromatic carbocycles. The molecule has 0 atom stereocenters. The van der Waals surface area contributed by atoms with Crippen LogP contribution in [0.1, 0.15) is 36.7 Å². The molecular formula is C17H18BrN3OS. The van der Waals surface area contributed by atoms with Gasteiger partial charge in [-0.15, -0.1) is 0 Å². The quantitative estimate of drug-likeness (QED) is 0.750. The number of amides is 1. The maximum Gasteiger partial charge on any atom is 0.257 e. The number of aromatic nitrogens is 1. The zero-order chi connectivity index (χ0) is 17.0. The monoisotopic (exact) mass is 391 g/mol. The molecule has 0 aliphatic rings. The van der Waals surface area contributed by atoms with Gasteiger partial charge in [-0.05, 0) is 47.5 Å². The second-order valence-electron chi connectivity index (χ2n) is 6.07. The van der Waals surface area contributed by atoms with Crippen molar-refractivity contribution in [1.29, 1.82) is 0 Å². The first-order valence-corrected chi connectivity index (χ1v) is 8.31. The number of nitrogens with zero attached hydrogens (tertiary/aromatic N) is 1. The number of pyridine rings is 1. The summed E-state index contributed by atoms with van der Waals surface area (Å²) in [5.41, 5.74) is 1.68. The Morgan fingerprint density at radius 3 is 2.52 bits per heavy atom. The molecule has 120 valence electrons. The lowest BCUT2D eigenvalue weighted by molar-refractivity contribution is 0.0977. The molecule has 2 N–H and O–H groups in total. The number of hydrogen-bond donors (Lipinski definition) is 2. The summed E-state index contributed by atoms with van der Waals surface area (Å²) in [6.07, 6.45) is 1.65. The van der Waals surface area contributed by atoms with Crippen LogP contribution in [0.4, 0.5) is 5.82 Å². The molecule has 0 aliphatic carbocycles. The molecule has 1 aromatic heterocycles. The molecule has 1 amide bonds. The van der Waals surface area contributed by atoms with Gasteiger partial charge in [-0.1, -0.05) is 48.8 Å². The maximum absolute atomic E-state index is 12.3. The minimum Gasteiger partial charge on any atom is -0.317 e. The third kappa shape index (κ3) is 4.84. The lowest BCUT2D eigenvalue weighted by Crippen LogP contribution is -2.34. The summed E-state index contributed by atoms with van der Waals surface area (Å²) in [5, 5.41) is 5.73. The molecule has 2 aromatic rings. The van der Waals surface area contributed by atoms with Gasteiger partial charge in [-0.2, -0.15) is 0 Å². The van der Waals surface area contributed by atoms with E-state index in [-0.39, 0.29) is 16.4 Å². The standard InChI is InChI=1S/C17H18BrN3OS/c1-17(2,3)12-8-7-11(10-13(12)18)15(22)21-16(23)20-14-6-4-5-9-19-14/h4-10H,1-3H3,(H2,19,20,21,22,23). The highest BCUT2D eigenvalue weighted by atomic mass is 79.9. The van der Waals surface area contributed by atoms with Crippen LogP contribution in [0.15, 0.2) is 47.1 Å². The number of rotatable bonds is 2. The lowest BCUT2D eigenvalue weighted by atomic mass is 9.86. The van der Waals surface area contributed by atoms with Crippen LogP contribution in [0.5, 0.6) is 0 Å². The highest BCUT2D eigenvalue weighted by Gasteiger charge is 2.18. The van der Waals surface area contributed by atoms with Crippen molar-refractivity contribution < 1.29 is 4.79 Å². The van der Waals surface area contributed by atoms with Crippen LogP contribution in [0.2, 0.25) is 0 Å². The Morgan fingerprint density at radius 2 is 1.96 bits per heavy atom. The minimum atomic E-state index is -0.264. The molecule has 2 rings (SSSR count). The molecule has 4 nitrogen and oxygen atoms in total. The Labute approximate surface area is 149 Å². The summed E-state index contributed by atoms with van der Waals surface area (Å²) in [6, 6.07) is 11.0. The smallest absolute Gasteiger partial charge is 0.257 e. The van der Waals surface area contributed by atoms with Crippen molar-refractivity contribution in [3.05, 3.63) is 58.2 Å². The van der Waals surface area contributed by atoms with Crippen LogP contribution < -0.4 is 10.6 Å². The van der Waals surface area contributed by atoms with Crippen LogP contribution in [-0.2, 0) is 5.41 Å².